The molecule has 0 radical (unpaired) electrons. The maximum absolute atomic E-state index is 12.2. The molecule has 0 aromatic heterocycles. The summed E-state index contributed by atoms with van der Waals surface area (Å²) >= 11 is 0. The summed E-state index contributed by atoms with van der Waals surface area (Å²) in [6.07, 6.45) is 26.3. The van der Waals surface area contributed by atoms with Crippen molar-refractivity contribution < 1.29 is 37.6 Å². The van der Waals surface area contributed by atoms with E-state index in [0.717, 1.165) is 11.1 Å². The molecule has 0 bridgehead atoms. The molecule has 0 aromatic rings. The number of ether oxygens (including phenoxy) is 1. The first kappa shape index (κ1) is 42.2. The molecule has 9 heteroatoms. The van der Waals surface area contributed by atoms with Crippen LogP contribution in [0.25, 0.3) is 0 Å². The smallest absolute Gasteiger partial charge is 0.333 e. The number of carbonyl (C=O) groups excluding carboxylic acids is 1. The Bertz CT molecular complexity index is 1360. The van der Waals surface area contributed by atoms with Gasteiger partial charge in [0.25, 0.3) is 7.82 Å². The Kier molecular flexibility index (Phi) is 18.4. The average Bonchev–Trinajstić information content (AvgIpc) is 2.95. The molecule has 2 unspecified atom stereocenters. The van der Waals surface area contributed by atoms with Crippen molar-refractivity contribution in [1.82, 2.24) is 0 Å². The van der Waals surface area contributed by atoms with Gasteiger partial charge in [-0.15, -0.1) is 0 Å². The van der Waals surface area contributed by atoms with Crippen LogP contribution in [0.3, 0.4) is 0 Å². The number of carbonyl (C=O) groups is 1. The number of hydrogen-bond acceptors (Lipinski definition) is 7. The summed E-state index contributed by atoms with van der Waals surface area (Å²) in [4.78, 5) is 24.0. The number of phosphoric acid groups is 1. The fourth-order valence-electron chi connectivity index (χ4n) is 4.55. The van der Waals surface area contributed by atoms with E-state index in [4.69, 9.17) is 9.26 Å². The van der Waals surface area contributed by atoms with Gasteiger partial charge in [0, 0.05) is 5.57 Å². The molecule has 8 nitrogen and oxygen atoms in total. The zero-order valence-corrected chi connectivity index (χ0v) is 31.1. The minimum atomic E-state index is -4.56. The van der Waals surface area contributed by atoms with Gasteiger partial charge in [0.2, 0.25) is 0 Å². The summed E-state index contributed by atoms with van der Waals surface area (Å²) in [6.45, 7) is 14.1. The molecule has 2 atom stereocenters. The van der Waals surface area contributed by atoms with E-state index in [1.807, 2.05) is 58.4 Å². The Morgan fingerprint density at radius 1 is 0.915 bits per heavy atom. The molecule has 0 saturated carbocycles. The average molecular weight is 672 g/mol. The number of aliphatic hydroxyl groups is 1. The summed E-state index contributed by atoms with van der Waals surface area (Å²) in [5.74, 6) is -0.630. The second-order valence-corrected chi connectivity index (χ2v) is 15.2. The molecule has 0 aliphatic heterocycles. The molecule has 0 spiro atoms. The van der Waals surface area contributed by atoms with Crippen molar-refractivity contribution in [1.29, 1.82) is 0 Å². The zero-order valence-electron chi connectivity index (χ0n) is 30.2. The maximum Gasteiger partial charge on any atom is 0.333 e. The van der Waals surface area contributed by atoms with E-state index in [1.54, 1.807) is 19.1 Å². The Morgan fingerprint density at radius 2 is 1.47 bits per heavy atom. The van der Waals surface area contributed by atoms with Crippen molar-refractivity contribution in [3.05, 3.63) is 106 Å². The van der Waals surface area contributed by atoms with Crippen LogP contribution in [-0.4, -0.2) is 69.2 Å². The number of allylic oxidation sites excluding steroid dienone is 17. The van der Waals surface area contributed by atoms with Gasteiger partial charge in [0.1, 0.15) is 25.9 Å². The van der Waals surface area contributed by atoms with Gasteiger partial charge in [-0.1, -0.05) is 109 Å². The van der Waals surface area contributed by atoms with Crippen LogP contribution < -0.4 is 4.89 Å². The summed E-state index contributed by atoms with van der Waals surface area (Å²) in [6, 6.07) is 0. The lowest BCUT2D eigenvalue weighted by Crippen LogP contribution is -2.37. The van der Waals surface area contributed by atoms with E-state index in [0.29, 0.717) is 16.6 Å². The Hall–Kier alpha value is -2.84. The second kappa shape index (κ2) is 20.5. The van der Waals surface area contributed by atoms with E-state index >= 15 is 0 Å². The van der Waals surface area contributed by atoms with Crippen LogP contribution in [0.2, 0.25) is 0 Å². The van der Waals surface area contributed by atoms with Crippen LogP contribution in [0.1, 0.15) is 67.7 Å². The lowest BCUT2D eigenvalue weighted by molar-refractivity contribution is -0.870. The number of phosphoric ester groups is 1. The summed E-state index contributed by atoms with van der Waals surface area (Å²) in [5, 5.41) is 9.95. The van der Waals surface area contributed by atoms with Gasteiger partial charge < -0.3 is 28.3 Å². The predicted molar refractivity (Wildman–Crippen MR) is 191 cm³/mol. The first-order chi connectivity index (χ1) is 21.8. The number of quaternary nitrogens is 1. The fourth-order valence-corrected chi connectivity index (χ4v) is 5.28. The third kappa shape index (κ3) is 19.5. The van der Waals surface area contributed by atoms with E-state index in [1.165, 1.54) is 36.0 Å². The molecule has 262 valence electrons. The summed E-state index contributed by atoms with van der Waals surface area (Å²) in [5.41, 5.74) is 6.86. The quantitative estimate of drug-likeness (QED) is 0.0525. The van der Waals surface area contributed by atoms with Crippen LogP contribution in [0, 0.1) is 5.41 Å². The molecule has 0 amide bonds. The monoisotopic (exact) mass is 671 g/mol. The number of nitrogens with zero attached hydrogens (tertiary/aromatic N) is 1. The van der Waals surface area contributed by atoms with E-state index < -0.39 is 33.1 Å². The van der Waals surface area contributed by atoms with Crippen LogP contribution in [0.15, 0.2) is 106 Å². The highest BCUT2D eigenvalue weighted by Gasteiger charge is 2.26. The largest absolute Gasteiger partial charge is 0.756 e. The molecule has 47 heavy (non-hydrogen) atoms. The number of hydrogen-bond donors (Lipinski definition) is 1. The first-order valence-electron chi connectivity index (χ1n) is 16.2. The van der Waals surface area contributed by atoms with Gasteiger partial charge in [-0.05, 0) is 64.9 Å². The van der Waals surface area contributed by atoms with Crippen molar-refractivity contribution in [3.8, 4) is 0 Å². The Morgan fingerprint density at radius 3 is 2.04 bits per heavy atom. The minimum absolute atomic E-state index is 0.0415. The minimum Gasteiger partial charge on any atom is -0.756 e. The summed E-state index contributed by atoms with van der Waals surface area (Å²) < 4.78 is 26.9. The van der Waals surface area contributed by atoms with Crippen molar-refractivity contribution >= 4 is 13.8 Å². The van der Waals surface area contributed by atoms with Crippen molar-refractivity contribution in [2.45, 2.75) is 73.8 Å². The molecule has 1 rings (SSSR count). The molecule has 1 aliphatic rings. The van der Waals surface area contributed by atoms with Gasteiger partial charge in [0.05, 0.1) is 27.7 Å². The molecular formula is C38H58NO7P. The molecule has 0 saturated heterocycles. The molecule has 0 heterocycles. The number of likely N-dealkylation sites (N-methyl/N-ethyl adjacent to an activating group) is 1. The fraction of sp³-hybridized carbons (Fsp3) is 0.500. The third-order valence-corrected chi connectivity index (χ3v) is 8.44. The Balaban J connectivity index is 2.51. The highest BCUT2D eigenvalue weighted by Crippen LogP contribution is 2.41. The van der Waals surface area contributed by atoms with Crippen molar-refractivity contribution in [2.75, 3.05) is 47.5 Å². The highest BCUT2D eigenvalue weighted by molar-refractivity contribution is 7.45. The highest BCUT2D eigenvalue weighted by atomic mass is 31.2. The summed E-state index contributed by atoms with van der Waals surface area (Å²) in [7, 11) is 1.14. The van der Waals surface area contributed by atoms with Crippen LogP contribution in [-0.2, 0) is 23.1 Å². The van der Waals surface area contributed by atoms with E-state index in [2.05, 4.69) is 69.5 Å². The Labute approximate surface area is 284 Å². The lowest BCUT2D eigenvalue weighted by atomic mass is 9.72. The van der Waals surface area contributed by atoms with Gasteiger partial charge in [0.15, 0.2) is 0 Å². The molecule has 1 aliphatic carbocycles. The second-order valence-electron chi connectivity index (χ2n) is 13.8. The maximum atomic E-state index is 12.2. The molecule has 0 aromatic carbocycles. The van der Waals surface area contributed by atoms with Gasteiger partial charge in [-0.2, -0.15) is 0 Å². The van der Waals surface area contributed by atoms with Crippen LogP contribution in [0.4, 0.5) is 0 Å². The predicted octanol–water partition coefficient (Wildman–Crippen LogP) is 7.63. The normalized spacial score (nSPS) is 19.4. The molecule has 0 fully saturated rings. The molecule has 1 N–H and O–H groups in total. The number of esters is 1. The van der Waals surface area contributed by atoms with Gasteiger partial charge in [-0.3, -0.25) is 4.57 Å². The van der Waals surface area contributed by atoms with Crippen LogP contribution in [0.5, 0.6) is 0 Å². The van der Waals surface area contributed by atoms with Gasteiger partial charge in [-0.25, -0.2) is 4.79 Å². The van der Waals surface area contributed by atoms with Gasteiger partial charge >= 0.3 is 5.97 Å². The third-order valence-electron chi connectivity index (χ3n) is 7.47. The number of rotatable bonds is 18. The molecular weight excluding hydrogens is 613 g/mol. The lowest BCUT2D eigenvalue weighted by Gasteiger charge is -2.32. The zero-order chi connectivity index (χ0) is 35.7. The van der Waals surface area contributed by atoms with Crippen LogP contribution >= 0.6 is 7.82 Å². The topological polar surface area (TPSA) is 105 Å². The standard InChI is InChI=1S/C38H58NO7P/c1-30(18-13-19-32(3)23-24-36-33(4)22-15-25-38(36,6)7)16-11-12-17-31(2)20-14-21-34(5)37(41)44-28-35(40)29-46-47(42,43)45-27-26-39(8,9)10/h11-14,16-21,23-24,35,40H,15,22,25-29H2,1-10H3/b12-11+,18-13+,20-14+,24-23+,30-16+,31-17+,32-19+,34-21+. The first-order valence-corrected chi connectivity index (χ1v) is 17.6. The van der Waals surface area contributed by atoms with E-state index in [9.17, 15) is 19.4 Å². The SMILES string of the molecule is CC1=C(/C=C/C(C)=C/C=C/C(C)=C/C=C/C=C(C)/C=C/C=C(\C)C(=O)OCC(O)COP(=O)([O-])OCC[N+](C)(C)C)C(C)(C)CCC1. The number of aliphatic hydroxyl groups excluding tert-OH is 1. The van der Waals surface area contributed by atoms with E-state index in [-0.39, 0.29) is 12.0 Å². The van der Waals surface area contributed by atoms with Crippen molar-refractivity contribution in [2.24, 2.45) is 5.41 Å². The van der Waals surface area contributed by atoms with Crippen molar-refractivity contribution in [3.63, 3.8) is 0 Å².